The molecular formula is C42H40N4OPt. The molecule has 0 fully saturated rings. The summed E-state index contributed by atoms with van der Waals surface area (Å²) < 4.78 is 10.7. The monoisotopic (exact) mass is 811 g/mol. The predicted molar refractivity (Wildman–Crippen MR) is 192 cm³/mol. The van der Waals surface area contributed by atoms with Gasteiger partial charge in [-0.05, 0) is 77.6 Å². The number of rotatable bonds is 9. The molecule has 0 aliphatic rings. The van der Waals surface area contributed by atoms with Gasteiger partial charge < -0.3 is 9.30 Å². The van der Waals surface area contributed by atoms with E-state index in [2.05, 4.69) is 119 Å². The van der Waals surface area contributed by atoms with Crippen LogP contribution in [0.3, 0.4) is 0 Å². The van der Waals surface area contributed by atoms with Crippen LogP contribution in [0.25, 0.3) is 44.4 Å². The fraction of sp³-hybridized carbons (Fsp3) is 0.238. The van der Waals surface area contributed by atoms with E-state index in [4.69, 9.17) is 14.8 Å². The first-order valence-corrected chi connectivity index (χ1v) is 16.7. The molecule has 4 aromatic carbocycles. The number of fused-ring (bicyclic) bond motifs is 3. The van der Waals surface area contributed by atoms with Crippen LogP contribution >= 0.6 is 0 Å². The van der Waals surface area contributed by atoms with E-state index in [0.29, 0.717) is 23.3 Å². The van der Waals surface area contributed by atoms with Gasteiger partial charge in [0.25, 0.3) is 0 Å². The van der Waals surface area contributed by atoms with E-state index in [1.807, 2.05) is 41.2 Å². The van der Waals surface area contributed by atoms with Gasteiger partial charge in [0.1, 0.15) is 5.82 Å². The number of ether oxygens (including phenoxy) is 1. The van der Waals surface area contributed by atoms with Gasteiger partial charge in [0.15, 0.2) is 0 Å². The van der Waals surface area contributed by atoms with E-state index in [0.717, 1.165) is 57.7 Å². The zero-order valence-electron chi connectivity index (χ0n) is 28.3. The zero-order valence-corrected chi connectivity index (χ0v) is 30.6. The van der Waals surface area contributed by atoms with E-state index in [1.54, 1.807) is 0 Å². The Hall–Kier alpha value is -4.47. The van der Waals surface area contributed by atoms with E-state index in [1.165, 1.54) is 22.1 Å². The number of hydrogen-bond acceptors (Lipinski definition) is 3. The topological polar surface area (TPSA) is 44.9 Å². The summed E-state index contributed by atoms with van der Waals surface area (Å²) >= 11 is 0. The van der Waals surface area contributed by atoms with Crippen molar-refractivity contribution in [1.82, 2.24) is 19.3 Å². The largest absolute Gasteiger partial charge is 2.00 e. The third kappa shape index (κ3) is 6.13. The maximum atomic E-state index is 6.49. The van der Waals surface area contributed by atoms with E-state index in [-0.39, 0.29) is 21.1 Å². The Labute approximate surface area is 297 Å². The minimum absolute atomic E-state index is 0. The Bertz CT molecular complexity index is 2210. The molecule has 3 aromatic heterocycles. The molecule has 0 radical (unpaired) electrons. The molecule has 6 heteroatoms. The van der Waals surface area contributed by atoms with Crippen molar-refractivity contribution in [3.63, 3.8) is 0 Å². The van der Waals surface area contributed by atoms with Gasteiger partial charge in [-0.3, -0.25) is 4.68 Å². The van der Waals surface area contributed by atoms with Crippen molar-refractivity contribution in [2.75, 3.05) is 0 Å². The second-order valence-electron chi connectivity index (χ2n) is 12.7. The minimum atomic E-state index is 0. The van der Waals surface area contributed by atoms with Gasteiger partial charge in [-0.2, -0.15) is 17.2 Å². The Morgan fingerprint density at radius 3 is 2.31 bits per heavy atom. The normalized spacial score (nSPS) is 12.1. The predicted octanol–water partition coefficient (Wildman–Crippen LogP) is 10.6. The standard InChI is InChI=1S/C42H40N4O.Pt/c1-7-37-42(30-13-10-9-11-14-30)38(8-2)46(44-37)32-15-12-16-33(25-32)47-34-18-19-35-36-24-31(29(6)27(3)4)17-20-39(36)45(40(35)26-34)41-23-28(5)21-22-43-41;/h9-24,27,29H,7-8H2,1-6H3;/q-2;+2. The van der Waals surface area contributed by atoms with Crippen molar-refractivity contribution in [3.8, 4) is 34.1 Å². The summed E-state index contributed by atoms with van der Waals surface area (Å²) in [5.41, 5.74) is 10.0. The summed E-state index contributed by atoms with van der Waals surface area (Å²) in [7, 11) is 0. The number of aryl methyl sites for hydroxylation is 2. The number of benzene rings is 4. The van der Waals surface area contributed by atoms with Gasteiger partial charge in [0.2, 0.25) is 0 Å². The van der Waals surface area contributed by atoms with Crippen LogP contribution in [0.4, 0.5) is 0 Å². The third-order valence-corrected chi connectivity index (χ3v) is 9.32. The summed E-state index contributed by atoms with van der Waals surface area (Å²) in [6, 6.07) is 38.7. The first-order valence-electron chi connectivity index (χ1n) is 16.7. The Morgan fingerprint density at radius 2 is 1.58 bits per heavy atom. The van der Waals surface area contributed by atoms with Crippen molar-refractivity contribution in [2.45, 2.75) is 60.3 Å². The average Bonchev–Trinajstić information content (AvgIpc) is 3.63. The van der Waals surface area contributed by atoms with Gasteiger partial charge >= 0.3 is 21.1 Å². The molecule has 0 amide bonds. The SMILES string of the molecule is CCc1nn(-c2[c-]c(Oc3[c-]c4c(cc3)c3cc(C(C)C(C)C)ccc3n4-c3cc(C)ccn3)ccc2)c(CC)c1-c1ccccc1.[Pt+2]. The number of pyridine rings is 1. The smallest absolute Gasteiger partial charge is 0.509 e. The number of aromatic nitrogens is 4. The zero-order chi connectivity index (χ0) is 32.7. The molecule has 0 N–H and O–H groups in total. The van der Waals surface area contributed by atoms with Crippen molar-refractivity contribution < 1.29 is 25.8 Å². The second kappa shape index (κ2) is 13.9. The van der Waals surface area contributed by atoms with Gasteiger partial charge in [0, 0.05) is 34.5 Å². The summed E-state index contributed by atoms with van der Waals surface area (Å²) in [5.74, 6) is 3.09. The molecule has 1 unspecified atom stereocenters. The van der Waals surface area contributed by atoms with Crippen LogP contribution in [0.15, 0.2) is 97.2 Å². The summed E-state index contributed by atoms with van der Waals surface area (Å²) in [6.07, 6.45) is 3.55. The Kier molecular flexibility index (Phi) is 9.71. The molecule has 7 aromatic rings. The van der Waals surface area contributed by atoms with Crippen LogP contribution in [-0.2, 0) is 33.9 Å². The number of hydrogen-bond donors (Lipinski definition) is 0. The van der Waals surface area contributed by atoms with Gasteiger partial charge in [-0.25, -0.2) is 4.98 Å². The van der Waals surface area contributed by atoms with E-state index < -0.39 is 0 Å². The third-order valence-electron chi connectivity index (χ3n) is 9.32. The summed E-state index contributed by atoms with van der Waals surface area (Å²) in [6.45, 7) is 13.3. The first kappa shape index (κ1) is 33.4. The van der Waals surface area contributed by atoms with Crippen LogP contribution in [0.2, 0.25) is 0 Å². The maximum Gasteiger partial charge on any atom is 2.00 e. The summed E-state index contributed by atoms with van der Waals surface area (Å²) in [5, 5.41) is 7.37. The van der Waals surface area contributed by atoms with E-state index >= 15 is 0 Å². The molecule has 0 saturated carbocycles. The molecule has 7 rings (SSSR count). The second-order valence-corrected chi connectivity index (χ2v) is 12.7. The average molecular weight is 812 g/mol. The molecular weight excluding hydrogens is 772 g/mol. The molecule has 244 valence electrons. The Morgan fingerprint density at radius 1 is 0.792 bits per heavy atom. The van der Waals surface area contributed by atoms with Gasteiger partial charge in [-0.1, -0.05) is 82.6 Å². The van der Waals surface area contributed by atoms with E-state index in [9.17, 15) is 0 Å². The van der Waals surface area contributed by atoms with Crippen LogP contribution in [0.1, 0.15) is 63.1 Å². The van der Waals surface area contributed by atoms with Crippen molar-refractivity contribution in [3.05, 3.63) is 132 Å². The minimum Gasteiger partial charge on any atom is -0.509 e. The molecule has 0 saturated heterocycles. The van der Waals surface area contributed by atoms with Crippen LogP contribution in [-0.4, -0.2) is 19.3 Å². The molecule has 1 atom stereocenters. The molecule has 0 spiro atoms. The van der Waals surface area contributed by atoms with Crippen molar-refractivity contribution in [2.24, 2.45) is 5.92 Å². The molecule has 0 aliphatic carbocycles. The van der Waals surface area contributed by atoms with Crippen LogP contribution in [0.5, 0.6) is 11.5 Å². The van der Waals surface area contributed by atoms with Crippen molar-refractivity contribution >= 4 is 21.8 Å². The van der Waals surface area contributed by atoms with Gasteiger partial charge in [0.05, 0.1) is 5.69 Å². The molecule has 0 bridgehead atoms. The molecule has 48 heavy (non-hydrogen) atoms. The molecule has 3 heterocycles. The van der Waals surface area contributed by atoms with Crippen LogP contribution in [0, 0.1) is 25.0 Å². The number of nitrogens with zero attached hydrogens (tertiary/aromatic N) is 4. The fourth-order valence-corrected chi connectivity index (χ4v) is 6.50. The first-order chi connectivity index (χ1) is 22.9. The molecule has 0 aliphatic heterocycles. The summed E-state index contributed by atoms with van der Waals surface area (Å²) in [4.78, 5) is 4.77. The van der Waals surface area contributed by atoms with Crippen molar-refractivity contribution in [1.29, 1.82) is 0 Å². The van der Waals surface area contributed by atoms with Gasteiger partial charge in [-0.15, -0.1) is 35.7 Å². The Balaban J connectivity index is 0.00000401. The van der Waals surface area contributed by atoms with Crippen LogP contribution < -0.4 is 4.74 Å². The molecule has 5 nitrogen and oxygen atoms in total. The maximum absolute atomic E-state index is 6.49. The quantitative estimate of drug-likeness (QED) is 0.136. The fourth-order valence-electron chi connectivity index (χ4n) is 6.50.